The summed E-state index contributed by atoms with van der Waals surface area (Å²) in [6, 6.07) is 3.54. The second-order valence-electron chi connectivity index (χ2n) is 5.38. The predicted octanol–water partition coefficient (Wildman–Crippen LogP) is 1.00. The lowest BCUT2D eigenvalue weighted by Gasteiger charge is -2.46. The van der Waals surface area contributed by atoms with Crippen molar-refractivity contribution in [1.82, 2.24) is 10.2 Å². The summed E-state index contributed by atoms with van der Waals surface area (Å²) < 4.78 is 10.4. The molecule has 0 spiro atoms. The van der Waals surface area contributed by atoms with E-state index in [2.05, 4.69) is 15.0 Å². The van der Waals surface area contributed by atoms with Gasteiger partial charge in [-0.25, -0.2) is 4.79 Å². The fourth-order valence-corrected chi connectivity index (χ4v) is 2.97. The highest BCUT2D eigenvalue weighted by atomic mass is 16.5. The first-order valence-corrected chi connectivity index (χ1v) is 7.49. The number of methoxy groups -OCH3 is 1. The van der Waals surface area contributed by atoms with Crippen LogP contribution in [0.4, 0.5) is 0 Å². The molecule has 2 aliphatic heterocycles. The molecular formula is C15H20N4O3. The van der Waals surface area contributed by atoms with Crippen LogP contribution in [0.25, 0.3) is 0 Å². The third kappa shape index (κ3) is 3.22. The van der Waals surface area contributed by atoms with Gasteiger partial charge in [-0.2, -0.15) is 10.5 Å². The first-order chi connectivity index (χ1) is 10.7. The van der Waals surface area contributed by atoms with Crippen molar-refractivity contribution in [2.24, 2.45) is 0 Å². The van der Waals surface area contributed by atoms with E-state index in [-0.39, 0.29) is 5.76 Å². The largest absolute Gasteiger partial charge is 0.465 e. The van der Waals surface area contributed by atoms with E-state index in [1.54, 1.807) is 6.07 Å². The van der Waals surface area contributed by atoms with Crippen LogP contribution in [0.2, 0.25) is 0 Å². The molecule has 22 heavy (non-hydrogen) atoms. The lowest BCUT2D eigenvalue weighted by molar-refractivity contribution is -0.164. The van der Waals surface area contributed by atoms with E-state index in [1.165, 1.54) is 7.11 Å². The van der Waals surface area contributed by atoms with E-state index in [1.807, 2.05) is 6.07 Å². The molecule has 0 aromatic heterocycles. The van der Waals surface area contributed by atoms with E-state index < -0.39 is 17.4 Å². The number of carbonyl (C=O) groups excluding carboxylic acids is 1. The zero-order valence-corrected chi connectivity index (χ0v) is 12.7. The Morgan fingerprint density at radius 1 is 1.18 bits per heavy atom. The van der Waals surface area contributed by atoms with Gasteiger partial charge in [0.1, 0.15) is 12.1 Å². The maximum absolute atomic E-state index is 11.6. The number of hydrogen-bond donors (Lipinski definition) is 1. The number of esters is 1. The summed E-state index contributed by atoms with van der Waals surface area (Å²) in [4.78, 5) is 13.8. The van der Waals surface area contributed by atoms with Crippen LogP contribution in [0, 0.1) is 22.7 Å². The van der Waals surface area contributed by atoms with E-state index in [0.717, 1.165) is 45.3 Å². The van der Waals surface area contributed by atoms with Gasteiger partial charge in [-0.15, -0.1) is 0 Å². The summed E-state index contributed by atoms with van der Waals surface area (Å²) in [5, 5.41) is 21.8. The number of nitriles is 2. The van der Waals surface area contributed by atoms with Crippen LogP contribution in [0.15, 0.2) is 11.3 Å². The SMILES string of the molecule is COC(=O)/C(C#N)=C(\C#N)OC12CCCCCN1CCCN2. The number of nitrogens with one attached hydrogen (secondary N) is 1. The molecule has 1 atom stereocenters. The molecule has 0 saturated carbocycles. The van der Waals surface area contributed by atoms with Gasteiger partial charge in [0, 0.05) is 26.1 Å². The van der Waals surface area contributed by atoms with E-state index >= 15 is 0 Å². The molecule has 2 saturated heterocycles. The van der Waals surface area contributed by atoms with E-state index in [0.29, 0.717) is 6.42 Å². The highest BCUT2D eigenvalue weighted by molar-refractivity contribution is 5.93. The molecule has 0 aromatic rings. The first kappa shape index (κ1) is 16.3. The molecule has 2 fully saturated rings. The van der Waals surface area contributed by atoms with Crippen LogP contribution in [0.5, 0.6) is 0 Å². The van der Waals surface area contributed by atoms with Gasteiger partial charge in [0.2, 0.25) is 11.6 Å². The standard InChI is InChI=1S/C15H20N4O3/c1-21-14(20)12(10-16)13(11-17)22-15-6-3-2-4-8-19(15)9-5-7-18-15/h18H,2-9H2,1H3/b13-12+. The topological polar surface area (TPSA) is 98.4 Å². The van der Waals surface area contributed by atoms with Crippen LogP contribution < -0.4 is 5.32 Å². The molecule has 2 heterocycles. The third-order valence-corrected chi connectivity index (χ3v) is 4.06. The number of carbonyl (C=O) groups is 1. The Morgan fingerprint density at radius 3 is 2.64 bits per heavy atom. The number of nitrogens with zero attached hydrogens (tertiary/aromatic N) is 3. The molecule has 0 aliphatic carbocycles. The Hall–Kier alpha value is -2.09. The van der Waals surface area contributed by atoms with Crippen molar-refractivity contribution in [2.45, 2.75) is 38.0 Å². The summed E-state index contributed by atoms with van der Waals surface area (Å²) in [6.07, 6.45) is 4.83. The lowest BCUT2D eigenvalue weighted by atomic mass is 10.1. The number of hydrogen-bond acceptors (Lipinski definition) is 7. The van der Waals surface area contributed by atoms with Crippen LogP contribution in [-0.4, -0.2) is 43.5 Å². The number of ether oxygens (including phenoxy) is 2. The van der Waals surface area contributed by atoms with E-state index in [4.69, 9.17) is 10.00 Å². The molecule has 7 nitrogen and oxygen atoms in total. The molecule has 1 N–H and O–H groups in total. The highest BCUT2D eigenvalue weighted by Crippen LogP contribution is 2.31. The fraction of sp³-hybridized carbons (Fsp3) is 0.667. The minimum atomic E-state index is -0.855. The normalized spacial score (nSPS) is 26.5. The molecule has 118 valence electrons. The van der Waals surface area contributed by atoms with Crippen LogP contribution >= 0.6 is 0 Å². The van der Waals surface area contributed by atoms with Gasteiger partial charge < -0.3 is 9.47 Å². The van der Waals surface area contributed by atoms with Crippen LogP contribution in [-0.2, 0) is 14.3 Å². The molecule has 2 rings (SSSR count). The van der Waals surface area contributed by atoms with Gasteiger partial charge in [-0.3, -0.25) is 10.2 Å². The Kier molecular flexibility index (Phi) is 5.37. The van der Waals surface area contributed by atoms with Crippen molar-refractivity contribution < 1.29 is 14.3 Å². The molecule has 0 bridgehead atoms. The van der Waals surface area contributed by atoms with Crippen molar-refractivity contribution in [3.05, 3.63) is 11.3 Å². The van der Waals surface area contributed by atoms with Gasteiger partial charge in [0.15, 0.2) is 5.57 Å². The summed E-state index contributed by atoms with van der Waals surface area (Å²) in [7, 11) is 1.17. The summed E-state index contributed by atoms with van der Waals surface area (Å²) in [5.74, 6) is -1.95. The van der Waals surface area contributed by atoms with Gasteiger partial charge in [-0.05, 0) is 19.3 Å². The van der Waals surface area contributed by atoms with Crippen molar-refractivity contribution in [1.29, 1.82) is 10.5 Å². The maximum Gasteiger partial charge on any atom is 0.353 e. The lowest BCUT2D eigenvalue weighted by Crippen LogP contribution is -2.64. The second kappa shape index (κ2) is 7.26. The van der Waals surface area contributed by atoms with Crippen molar-refractivity contribution in [3.8, 4) is 12.1 Å². The number of rotatable bonds is 3. The number of allylic oxidation sites excluding steroid dienone is 1. The highest BCUT2D eigenvalue weighted by Gasteiger charge is 2.43. The van der Waals surface area contributed by atoms with Crippen molar-refractivity contribution in [2.75, 3.05) is 26.7 Å². The van der Waals surface area contributed by atoms with Gasteiger partial charge in [0.25, 0.3) is 0 Å². The van der Waals surface area contributed by atoms with Crippen molar-refractivity contribution in [3.63, 3.8) is 0 Å². The average Bonchev–Trinajstić information content (AvgIpc) is 2.76. The molecule has 2 aliphatic rings. The fourth-order valence-electron chi connectivity index (χ4n) is 2.97. The van der Waals surface area contributed by atoms with Gasteiger partial charge in [-0.1, -0.05) is 6.42 Å². The Balaban J connectivity index is 2.34. The summed E-state index contributed by atoms with van der Waals surface area (Å²) in [6.45, 7) is 2.51. The Bertz CT molecular complexity index is 546. The van der Waals surface area contributed by atoms with Crippen molar-refractivity contribution >= 4 is 5.97 Å². The van der Waals surface area contributed by atoms with Crippen LogP contribution in [0.3, 0.4) is 0 Å². The zero-order chi connectivity index (χ0) is 16.0. The zero-order valence-electron chi connectivity index (χ0n) is 12.7. The molecule has 7 heteroatoms. The third-order valence-electron chi connectivity index (χ3n) is 4.06. The Morgan fingerprint density at radius 2 is 1.95 bits per heavy atom. The molecule has 0 amide bonds. The predicted molar refractivity (Wildman–Crippen MR) is 76.7 cm³/mol. The first-order valence-electron chi connectivity index (χ1n) is 7.49. The van der Waals surface area contributed by atoms with Gasteiger partial charge in [0.05, 0.1) is 7.11 Å². The molecule has 0 aromatic carbocycles. The average molecular weight is 304 g/mol. The van der Waals surface area contributed by atoms with Gasteiger partial charge >= 0.3 is 5.97 Å². The van der Waals surface area contributed by atoms with Crippen LogP contribution in [0.1, 0.15) is 32.1 Å². The molecular weight excluding hydrogens is 284 g/mol. The number of fused-ring (bicyclic) bond motifs is 1. The second-order valence-corrected chi connectivity index (χ2v) is 5.38. The maximum atomic E-state index is 11.6. The summed E-state index contributed by atoms with van der Waals surface area (Å²) in [5.41, 5.74) is -0.393. The summed E-state index contributed by atoms with van der Waals surface area (Å²) >= 11 is 0. The Labute approximate surface area is 130 Å². The smallest absolute Gasteiger partial charge is 0.353 e. The van der Waals surface area contributed by atoms with E-state index in [9.17, 15) is 10.1 Å². The quantitative estimate of drug-likeness (QED) is 0.359. The molecule has 1 unspecified atom stereocenters. The monoisotopic (exact) mass is 304 g/mol. The minimum Gasteiger partial charge on any atom is -0.465 e. The minimum absolute atomic E-state index is 0.282. The molecule has 0 radical (unpaired) electrons.